The summed E-state index contributed by atoms with van der Waals surface area (Å²) in [4.78, 5) is 25.1. The van der Waals surface area contributed by atoms with E-state index in [1.165, 1.54) is 18.1 Å². The fourth-order valence-electron chi connectivity index (χ4n) is 3.80. The smallest absolute Gasteiger partial charge is 0.228 e. The molecule has 0 unspecified atom stereocenters. The lowest BCUT2D eigenvalue weighted by Crippen LogP contribution is -2.22. The number of amides is 1. The largest absolute Gasteiger partial charge is 0.345 e. The van der Waals surface area contributed by atoms with E-state index >= 15 is 0 Å². The van der Waals surface area contributed by atoms with Gasteiger partial charge in [-0.2, -0.15) is 0 Å². The first-order valence-corrected chi connectivity index (χ1v) is 11.6. The first-order chi connectivity index (χ1) is 16.8. The molecule has 1 amide bonds. The van der Waals surface area contributed by atoms with E-state index in [1.54, 1.807) is 11.8 Å². The molecular weight excluding hydrogens is 432 g/mol. The number of carbonyl (C=O) groups is 2. The molecule has 0 saturated carbocycles. The van der Waals surface area contributed by atoms with E-state index in [1.807, 2.05) is 43.3 Å². The third-order valence-corrected chi connectivity index (χ3v) is 5.74. The maximum Gasteiger partial charge on any atom is 0.228 e. The lowest BCUT2D eigenvalue weighted by molar-refractivity contribution is -0.115. The molecule has 4 nitrogen and oxygen atoms in total. The van der Waals surface area contributed by atoms with Gasteiger partial charge in [0.25, 0.3) is 0 Å². The number of carbonyl (C=O) groups excluding carboxylic acids is 2. The molecule has 0 aliphatic heterocycles. The van der Waals surface area contributed by atoms with Gasteiger partial charge in [0.1, 0.15) is 6.29 Å². The minimum absolute atomic E-state index is 0.00917. The molecule has 0 bridgehead atoms. The fourth-order valence-corrected chi connectivity index (χ4v) is 3.80. The normalized spacial score (nSPS) is 10.1. The molecule has 0 atom stereocenters. The van der Waals surface area contributed by atoms with Crippen LogP contribution in [-0.2, 0) is 9.59 Å². The predicted molar refractivity (Wildman–Crippen MR) is 147 cm³/mol. The van der Waals surface area contributed by atoms with Crippen LogP contribution in [0.25, 0.3) is 11.1 Å². The van der Waals surface area contributed by atoms with Crippen molar-refractivity contribution in [3.8, 4) is 11.1 Å². The van der Waals surface area contributed by atoms with Crippen molar-refractivity contribution in [3.05, 3.63) is 108 Å². The Morgan fingerprint density at radius 3 is 1.23 bits per heavy atom. The molecule has 178 valence electrons. The SMILES string of the molecule is CC(=O)N(c1ccc(C)cc1)c1ccc(-c2ccc(N(C)c3ccc(C)cc3)cc2)cc1.CC=O. The van der Waals surface area contributed by atoms with Crippen molar-refractivity contribution in [2.75, 3.05) is 16.8 Å². The zero-order chi connectivity index (χ0) is 25.4. The minimum atomic E-state index is -0.00917. The molecule has 0 spiro atoms. The van der Waals surface area contributed by atoms with Gasteiger partial charge in [0.2, 0.25) is 5.91 Å². The average molecular weight is 465 g/mol. The van der Waals surface area contributed by atoms with Crippen molar-refractivity contribution in [3.63, 3.8) is 0 Å². The number of hydrogen-bond acceptors (Lipinski definition) is 3. The number of anilines is 4. The van der Waals surface area contributed by atoms with Crippen molar-refractivity contribution in [1.82, 2.24) is 0 Å². The Bertz CT molecular complexity index is 1240. The Labute approximate surface area is 208 Å². The molecule has 4 rings (SSSR count). The molecule has 0 heterocycles. The van der Waals surface area contributed by atoms with Crippen LogP contribution in [0.3, 0.4) is 0 Å². The summed E-state index contributed by atoms with van der Waals surface area (Å²) in [7, 11) is 2.08. The standard InChI is InChI=1S/C29H28N2O.C2H4O/c1-21-5-13-26(14-6-21)30(4)27-17-9-24(10-18-27)25-11-19-29(20-12-25)31(23(3)32)28-15-7-22(2)8-16-28;1-2-3/h5-20H,1-4H3;2H,1H3. The summed E-state index contributed by atoms with van der Waals surface area (Å²) >= 11 is 0. The summed E-state index contributed by atoms with van der Waals surface area (Å²) in [6.07, 6.45) is 0.750. The van der Waals surface area contributed by atoms with Gasteiger partial charge in [0, 0.05) is 36.7 Å². The highest BCUT2D eigenvalue weighted by atomic mass is 16.2. The molecule has 0 aromatic heterocycles. The van der Waals surface area contributed by atoms with Crippen molar-refractivity contribution < 1.29 is 9.59 Å². The van der Waals surface area contributed by atoms with Crippen LogP contribution in [-0.4, -0.2) is 19.2 Å². The van der Waals surface area contributed by atoms with Crippen molar-refractivity contribution in [2.45, 2.75) is 27.7 Å². The van der Waals surface area contributed by atoms with E-state index in [0.29, 0.717) is 0 Å². The van der Waals surface area contributed by atoms with Gasteiger partial charge in [-0.1, -0.05) is 59.7 Å². The Kier molecular flexibility index (Phi) is 8.58. The van der Waals surface area contributed by atoms with Gasteiger partial charge in [-0.05, 0) is 80.4 Å². The first kappa shape index (κ1) is 25.4. The van der Waals surface area contributed by atoms with Gasteiger partial charge >= 0.3 is 0 Å². The first-order valence-electron chi connectivity index (χ1n) is 11.6. The Morgan fingerprint density at radius 1 is 0.600 bits per heavy atom. The van der Waals surface area contributed by atoms with E-state index in [-0.39, 0.29) is 5.91 Å². The van der Waals surface area contributed by atoms with E-state index in [2.05, 4.69) is 79.5 Å². The Balaban J connectivity index is 0.00000108. The number of aldehydes is 1. The van der Waals surface area contributed by atoms with Crippen LogP contribution < -0.4 is 9.80 Å². The maximum absolute atomic E-state index is 12.3. The third kappa shape index (κ3) is 6.45. The van der Waals surface area contributed by atoms with Crippen molar-refractivity contribution >= 4 is 34.9 Å². The van der Waals surface area contributed by atoms with Crippen LogP contribution in [0.1, 0.15) is 25.0 Å². The van der Waals surface area contributed by atoms with Crippen LogP contribution in [0.15, 0.2) is 97.1 Å². The number of aryl methyl sites for hydroxylation is 2. The van der Waals surface area contributed by atoms with Gasteiger partial charge in [-0.25, -0.2) is 0 Å². The Hall–Kier alpha value is -4.18. The minimum Gasteiger partial charge on any atom is -0.345 e. The molecule has 4 aromatic rings. The molecule has 0 N–H and O–H groups in total. The predicted octanol–water partition coefficient (Wildman–Crippen LogP) is 7.63. The van der Waals surface area contributed by atoms with Gasteiger partial charge in [-0.15, -0.1) is 0 Å². The molecule has 4 aromatic carbocycles. The average Bonchev–Trinajstić information content (AvgIpc) is 2.86. The maximum atomic E-state index is 12.3. The molecule has 35 heavy (non-hydrogen) atoms. The fraction of sp³-hybridized carbons (Fsp3) is 0.161. The summed E-state index contributed by atoms with van der Waals surface area (Å²) in [6, 6.07) is 33.2. The molecule has 0 fully saturated rings. The van der Waals surface area contributed by atoms with Crippen LogP contribution in [0, 0.1) is 13.8 Å². The van der Waals surface area contributed by atoms with E-state index in [4.69, 9.17) is 4.79 Å². The molecular formula is C31H32N2O2. The van der Waals surface area contributed by atoms with Crippen LogP contribution in [0.2, 0.25) is 0 Å². The van der Waals surface area contributed by atoms with Gasteiger partial charge in [0.05, 0.1) is 0 Å². The second-order valence-corrected chi connectivity index (χ2v) is 8.41. The zero-order valence-corrected chi connectivity index (χ0v) is 21.0. The highest BCUT2D eigenvalue weighted by Gasteiger charge is 2.14. The summed E-state index contributed by atoms with van der Waals surface area (Å²) < 4.78 is 0. The topological polar surface area (TPSA) is 40.6 Å². The summed E-state index contributed by atoms with van der Waals surface area (Å²) in [5.74, 6) is -0.00917. The monoisotopic (exact) mass is 464 g/mol. The molecule has 0 aliphatic carbocycles. The quantitative estimate of drug-likeness (QED) is 0.285. The molecule has 0 saturated heterocycles. The van der Waals surface area contributed by atoms with Crippen LogP contribution in [0.4, 0.5) is 22.7 Å². The summed E-state index contributed by atoms with van der Waals surface area (Å²) in [5.41, 5.74) is 8.72. The second kappa shape index (κ2) is 11.8. The van der Waals surface area contributed by atoms with Crippen molar-refractivity contribution in [1.29, 1.82) is 0 Å². The van der Waals surface area contributed by atoms with E-state index in [9.17, 15) is 4.79 Å². The van der Waals surface area contributed by atoms with Gasteiger partial charge < -0.3 is 9.69 Å². The number of hydrogen-bond donors (Lipinski definition) is 0. The lowest BCUT2D eigenvalue weighted by atomic mass is 10.0. The van der Waals surface area contributed by atoms with Gasteiger partial charge in [0.15, 0.2) is 0 Å². The van der Waals surface area contributed by atoms with Crippen LogP contribution >= 0.6 is 0 Å². The number of nitrogens with zero attached hydrogens (tertiary/aromatic N) is 2. The summed E-state index contributed by atoms with van der Waals surface area (Å²) in [5, 5.41) is 0. The number of rotatable bonds is 5. The van der Waals surface area contributed by atoms with E-state index < -0.39 is 0 Å². The van der Waals surface area contributed by atoms with Crippen molar-refractivity contribution in [2.24, 2.45) is 0 Å². The van der Waals surface area contributed by atoms with Gasteiger partial charge in [-0.3, -0.25) is 9.69 Å². The highest BCUT2D eigenvalue weighted by Crippen LogP contribution is 2.31. The second-order valence-electron chi connectivity index (χ2n) is 8.41. The number of benzene rings is 4. The highest BCUT2D eigenvalue weighted by molar-refractivity contribution is 5.99. The van der Waals surface area contributed by atoms with E-state index in [0.717, 1.165) is 40.2 Å². The van der Waals surface area contributed by atoms with Crippen LogP contribution in [0.5, 0.6) is 0 Å². The Morgan fingerprint density at radius 2 is 0.886 bits per heavy atom. The molecule has 4 heteroatoms. The molecule has 0 radical (unpaired) electrons. The molecule has 0 aliphatic rings. The zero-order valence-electron chi connectivity index (χ0n) is 21.0. The lowest BCUT2D eigenvalue weighted by Gasteiger charge is -2.22. The summed E-state index contributed by atoms with van der Waals surface area (Å²) in [6.45, 7) is 7.18. The third-order valence-electron chi connectivity index (χ3n) is 5.74.